The van der Waals surface area contributed by atoms with Crippen molar-refractivity contribution >= 4 is 23.6 Å². The van der Waals surface area contributed by atoms with Gasteiger partial charge in [-0.25, -0.2) is 9.18 Å². The Morgan fingerprint density at radius 3 is 2.71 bits per heavy atom. The number of benzene rings is 2. The van der Waals surface area contributed by atoms with E-state index in [-0.39, 0.29) is 24.8 Å². The average molecular weight is 482 g/mol. The summed E-state index contributed by atoms with van der Waals surface area (Å²) < 4.78 is 65.4. The molecule has 0 spiro atoms. The zero-order valence-corrected chi connectivity index (χ0v) is 17.5. The van der Waals surface area contributed by atoms with Crippen LogP contribution in [0.5, 0.6) is 11.5 Å². The number of fused-ring (bicyclic) bond motifs is 1. The Morgan fingerprint density at radius 1 is 1.18 bits per heavy atom. The summed E-state index contributed by atoms with van der Waals surface area (Å²) in [6, 6.07) is 5.49. The van der Waals surface area contributed by atoms with E-state index in [9.17, 15) is 31.9 Å². The number of anilines is 1. The molecule has 1 atom stereocenters. The molecule has 180 valence electrons. The van der Waals surface area contributed by atoms with Crippen LogP contribution in [0.3, 0.4) is 0 Å². The third-order valence-corrected chi connectivity index (χ3v) is 5.36. The molecule has 2 aliphatic heterocycles. The molecule has 8 nitrogen and oxygen atoms in total. The van der Waals surface area contributed by atoms with Gasteiger partial charge in [0.2, 0.25) is 11.8 Å². The number of alkyl halides is 3. The third-order valence-electron chi connectivity index (χ3n) is 5.36. The fourth-order valence-electron chi connectivity index (χ4n) is 3.90. The van der Waals surface area contributed by atoms with Crippen molar-refractivity contribution in [1.29, 1.82) is 0 Å². The lowest BCUT2D eigenvalue weighted by Crippen LogP contribution is -2.39. The van der Waals surface area contributed by atoms with Crippen molar-refractivity contribution in [3.8, 4) is 11.5 Å². The number of hydrogen-bond acceptors (Lipinski definition) is 6. The lowest BCUT2D eigenvalue weighted by Gasteiger charge is -2.23. The Bertz CT molecular complexity index is 1150. The maximum atomic E-state index is 13.9. The second-order valence-corrected chi connectivity index (χ2v) is 7.61. The lowest BCUT2D eigenvalue weighted by molar-refractivity contribution is -0.274. The molecule has 1 unspecified atom stereocenters. The number of ether oxygens (including phenoxy) is 3. The van der Waals surface area contributed by atoms with Crippen molar-refractivity contribution < 1.29 is 46.2 Å². The van der Waals surface area contributed by atoms with Gasteiger partial charge in [-0.1, -0.05) is 12.1 Å². The van der Waals surface area contributed by atoms with Gasteiger partial charge in [-0.2, -0.15) is 0 Å². The summed E-state index contributed by atoms with van der Waals surface area (Å²) in [5.74, 6) is -2.43. The van der Waals surface area contributed by atoms with Crippen LogP contribution in [-0.4, -0.2) is 30.9 Å². The third kappa shape index (κ3) is 5.21. The van der Waals surface area contributed by atoms with Crippen LogP contribution in [0.15, 0.2) is 30.3 Å². The molecule has 0 bridgehead atoms. The quantitative estimate of drug-likeness (QED) is 0.495. The molecule has 4 rings (SSSR count). The van der Waals surface area contributed by atoms with Crippen LogP contribution in [0.4, 0.5) is 28.0 Å². The Kier molecular flexibility index (Phi) is 6.31. The minimum absolute atomic E-state index is 0.225. The smallest absolute Gasteiger partial charge is 0.493 e. The van der Waals surface area contributed by atoms with Crippen LogP contribution in [-0.2, 0) is 27.4 Å². The van der Waals surface area contributed by atoms with Gasteiger partial charge in [0.1, 0.15) is 23.9 Å². The van der Waals surface area contributed by atoms with E-state index in [1.54, 1.807) is 12.1 Å². The van der Waals surface area contributed by atoms with Crippen molar-refractivity contribution in [2.45, 2.75) is 38.1 Å². The van der Waals surface area contributed by atoms with E-state index >= 15 is 0 Å². The number of imide groups is 1. The molecule has 2 aliphatic rings. The van der Waals surface area contributed by atoms with Crippen molar-refractivity contribution in [2.75, 3.05) is 11.9 Å². The molecule has 1 fully saturated rings. The Balaban J connectivity index is 1.44. The molecule has 0 aromatic heterocycles. The van der Waals surface area contributed by atoms with Crippen LogP contribution in [0, 0.1) is 5.82 Å². The zero-order valence-electron chi connectivity index (χ0n) is 17.5. The van der Waals surface area contributed by atoms with Gasteiger partial charge in [0.05, 0.1) is 18.2 Å². The summed E-state index contributed by atoms with van der Waals surface area (Å²) in [5, 5.41) is 4.36. The molecule has 12 heteroatoms. The Labute approximate surface area is 190 Å². The highest BCUT2D eigenvalue weighted by molar-refractivity contribution is 6.01. The maximum Gasteiger partial charge on any atom is 0.573 e. The molecule has 2 N–H and O–H groups in total. The van der Waals surface area contributed by atoms with E-state index in [2.05, 4.69) is 10.1 Å². The molecular weight excluding hydrogens is 464 g/mol. The predicted molar refractivity (Wildman–Crippen MR) is 108 cm³/mol. The number of amides is 3. The first-order valence-electron chi connectivity index (χ1n) is 10.2. The zero-order chi connectivity index (χ0) is 24.5. The second-order valence-electron chi connectivity index (χ2n) is 7.61. The first kappa shape index (κ1) is 23.3. The van der Waals surface area contributed by atoms with Crippen LogP contribution in [0.25, 0.3) is 0 Å². The standard InChI is InChI=1S/C22H18F4N2O6/c23-16-5-2-12(34-22(24,25)26)9-17(16)27-21(31)33-10-11-1-3-13(14-7-8-32-19(11)14)15-4-6-18(29)28-20(15)30/h1-3,5,9,15H,4,6-8,10H2,(H,27,31)(H,28,29,30). The van der Waals surface area contributed by atoms with Gasteiger partial charge in [-0.15, -0.1) is 13.2 Å². The summed E-state index contributed by atoms with van der Waals surface area (Å²) in [4.78, 5) is 35.8. The Hall–Kier alpha value is -3.83. The number of halogens is 4. The number of rotatable bonds is 5. The minimum atomic E-state index is -4.98. The number of carbonyl (C=O) groups is 3. The number of piperidine rings is 1. The number of nitrogens with one attached hydrogen (secondary N) is 2. The van der Waals surface area contributed by atoms with E-state index in [4.69, 9.17) is 9.47 Å². The largest absolute Gasteiger partial charge is 0.573 e. The van der Waals surface area contributed by atoms with E-state index in [0.717, 1.165) is 17.2 Å². The summed E-state index contributed by atoms with van der Waals surface area (Å²) in [6.07, 6.45) is -4.96. The number of carbonyl (C=O) groups excluding carboxylic acids is 3. The molecule has 1 saturated heterocycles. The van der Waals surface area contributed by atoms with E-state index in [1.165, 1.54) is 0 Å². The van der Waals surface area contributed by atoms with Gasteiger partial charge in [0, 0.05) is 30.0 Å². The lowest BCUT2D eigenvalue weighted by atomic mass is 9.86. The van der Waals surface area contributed by atoms with Gasteiger partial charge in [0.15, 0.2) is 0 Å². The van der Waals surface area contributed by atoms with Gasteiger partial charge < -0.3 is 14.2 Å². The molecule has 2 heterocycles. The van der Waals surface area contributed by atoms with E-state index < -0.39 is 35.6 Å². The molecule has 2 aromatic rings. The molecule has 2 aromatic carbocycles. The van der Waals surface area contributed by atoms with Gasteiger partial charge in [-0.3, -0.25) is 20.2 Å². The predicted octanol–water partition coefficient (Wildman–Crippen LogP) is 3.93. The first-order valence-corrected chi connectivity index (χ1v) is 10.2. The van der Waals surface area contributed by atoms with Gasteiger partial charge in [0.25, 0.3) is 0 Å². The summed E-state index contributed by atoms with van der Waals surface area (Å²) in [5.41, 5.74) is 1.45. The highest BCUT2D eigenvalue weighted by Gasteiger charge is 2.33. The van der Waals surface area contributed by atoms with Crippen molar-refractivity contribution in [1.82, 2.24) is 5.32 Å². The van der Waals surface area contributed by atoms with Crippen LogP contribution < -0.4 is 20.1 Å². The summed E-state index contributed by atoms with van der Waals surface area (Å²) in [7, 11) is 0. The van der Waals surface area contributed by atoms with Crippen LogP contribution in [0.1, 0.15) is 35.4 Å². The average Bonchev–Trinajstić information content (AvgIpc) is 3.24. The van der Waals surface area contributed by atoms with Crippen molar-refractivity contribution in [2.24, 2.45) is 0 Å². The topological polar surface area (TPSA) is 103 Å². The van der Waals surface area contributed by atoms with E-state index in [0.29, 0.717) is 42.9 Å². The molecule has 34 heavy (non-hydrogen) atoms. The summed E-state index contributed by atoms with van der Waals surface area (Å²) >= 11 is 0. The minimum Gasteiger partial charge on any atom is -0.493 e. The fourth-order valence-corrected chi connectivity index (χ4v) is 3.90. The van der Waals surface area contributed by atoms with Crippen molar-refractivity contribution in [3.05, 3.63) is 52.8 Å². The Morgan fingerprint density at radius 2 is 1.97 bits per heavy atom. The molecular formula is C22H18F4N2O6. The van der Waals surface area contributed by atoms with Crippen LogP contribution in [0.2, 0.25) is 0 Å². The SMILES string of the molecule is O=C1CCC(c2ccc(COC(=O)Nc3cc(OC(F)(F)F)ccc3F)c3c2CCO3)C(=O)N1. The monoisotopic (exact) mass is 482 g/mol. The molecule has 0 radical (unpaired) electrons. The van der Waals surface area contributed by atoms with Crippen molar-refractivity contribution in [3.63, 3.8) is 0 Å². The highest BCUT2D eigenvalue weighted by Crippen LogP contribution is 2.38. The molecule has 0 saturated carbocycles. The normalized spacial score (nSPS) is 17.5. The fraction of sp³-hybridized carbons (Fsp3) is 0.318. The maximum absolute atomic E-state index is 13.9. The second kappa shape index (κ2) is 9.20. The van der Waals surface area contributed by atoms with Gasteiger partial charge in [-0.05, 0) is 24.1 Å². The van der Waals surface area contributed by atoms with Gasteiger partial charge >= 0.3 is 12.5 Å². The van der Waals surface area contributed by atoms with E-state index in [1.807, 2.05) is 5.32 Å². The molecule has 0 aliphatic carbocycles. The van der Waals surface area contributed by atoms with Crippen LogP contribution >= 0.6 is 0 Å². The first-order chi connectivity index (χ1) is 16.1. The highest BCUT2D eigenvalue weighted by atomic mass is 19.4. The summed E-state index contributed by atoms with van der Waals surface area (Å²) in [6.45, 7) is 0.0835. The molecule has 3 amide bonds. The number of hydrogen-bond donors (Lipinski definition) is 2.